The first kappa shape index (κ1) is 12.6. The highest BCUT2D eigenvalue weighted by molar-refractivity contribution is 7.91. The van der Waals surface area contributed by atoms with Gasteiger partial charge in [-0.2, -0.15) is 0 Å². The molecule has 6 heteroatoms. The van der Waals surface area contributed by atoms with Gasteiger partial charge in [-0.25, -0.2) is 8.42 Å². The zero-order valence-corrected chi connectivity index (χ0v) is 11.3. The summed E-state index contributed by atoms with van der Waals surface area (Å²) in [6.07, 6.45) is 3.99. The standard InChI is InChI=1S/C13H16N2O3S/c16-13(11-3-6-19(17,18)9-11)15-7-12(8-15)10-1-4-14-5-2-10/h1-2,4-5,11-12H,3,6-9H2/t11-/m0/s1. The highest BCUT2D eigenvalue weighted by Gasteiger charge is 2.39. The summed E-state index contributed by atoms with van der Waals surface area (Å²) < 4.78 is 22.8. The molecule has 0 N–H and O–H groups in total. The number of aromatic nitrogens is 1. The molecule has 2 aliphatic rings. The minimum Gasteiger partial charge on any atom is -0.341 e. The van der Waals surface area contributed by atoms with Crippen LogP contribution in [0, 0.1) is 5.92 Å². The quantitative estimate of drug-likeness (QED) is 0.788. The van der Waals surface area contributed by atoms with Gasteiger partial charge in [-0.1, -0.05) is 0 Å². The van der Waals surface area contributed by atoms with Crippen LogP contribution in [-0.4, -0.2) is 48.8 Å². The van der Waals surface area contributed by atoms with Crippen LogP contribution in [0.5, 0.6) is 0 Å². The van der Waals surface area contributed by atoms with Crippen LogP contribution in [0.2, 0.25) is 0 Å². The van der Waals surface area contributed by atoms with Crippen molar-refractivity contribution >= 4 is 15.7 Å². The predicted octanol–water partition coefficient (Wildman–Crippen LogP) is 0.442. The van der Waals surface area contributed by atoms with Crippen LogP contribution in [0.15, 0.2) is 24.5 Å². The van der Waals surface area contributed by atoms with Gasteiger partial charge in [-0.3, -0.25) is 9.78 Å². The lowest BCUT2D eigenvalue weighted by molar-refractivity contribution is -0.139. The molecule has 2 aliphatic heterocycles. The number of amides is 1. The van der Waals surface area contributed by atoms with Crippen LogP contribution in [0.3, 0.4) is 0 Å². The Kier molecular flexibility index (Phi) is 3.05. The molecule has 0 unspecified atom stereocenters. The summed E-state index contributed by atoms with van der Waals surface area (Å²) in [5.41, 5.74) is 1.19. The number of likely N-dealkylation sites (tertiary alicyclic amines) is 1. The Bertz CT molecular complexity index is 579. The van der Waals surface area contributed by atoms with Crippen molar-refractivity contribution in [1.82, 2.24) is 9.88 Å². The maximum absolute atomic E-state index is 12.1. The molecular weight excluding hydrogens is 264 g/mol. The first-order valence-corrected chi connectivity index (χ1v) is 8.26. The summed E-state index contributed by atoms with van der Waals surface area (Å²) in [5.74, 6) is 0.243. The van der Waals surface area contributed by atoms with E-state index in [0.29, 0.717) is 25.4 Å². The van der Waals surface area contributed by atoms with Crippen LogP contribution in [0.4, 0.5) is 0 Å². The van der Waals surface area contributed by atoms with Crippen molar-refractivity contribution in [3.8, 4) is 0 Å². The lowest BCUT2D eigenvalue weighted by Gasteiger charge is -2.40. The third-order valence-electron chi connectivity index (χ3n) is 3.95. The smallest absolute Gasteiger partial charge is 0.226 e. The topological polar surface area (TPSA) is 67.3 Å². The highest BCUT2D eigenvalue weighted by Crippen LogP contribution is 2.30. The van der Waals surface area contributed by atoms with Gasteiger partial charge in [0.1, 0.15) is 0 Å². The summed E-state index contributed by atoms with van der Waals surface area (Å²) in [6, 6.07) is 3.93. The summed E-state index contributed by atoms with van der Waals surface area (Å²) in [6.45, 7) is 1.39. The SMILES string of the molecule is O=C([C@H]1CCS(=O)(=O)C1)N1CC(c2ccncc2)C1. The van der Waals surface area contributed by atoms with E-state index in [9.17, 15) is 13.2 Å². The molecule has 1 atom stereocenters. The van der Waals surface area contributed by atoms with E-state index >= 15 is 0 Å². The van der Waals surface area contributed by atoms with Gasteiger partial charge in [0, 0.05) is 31.4 Å². The van der Waals surface area contributed by atoms with E-state index < -0.39 is 9.84 Å². The monoisotopic (exact) mass is 280 g/mol. The van der Waals surface area contributed by atoms with Crippen LogP contribution in [0.1, 0.15) is 17.9 Å². The van der Waals surface area contributed by atoms with Crippen molar-refractivity contribution in [3.63, 3.8) is 0 Å². The second kappa shape index (κ2) is 4.59. The van der Waals surface area contributed by atoms with E-state index in [2.05, 4.69) is 4.98 Å². The number of carbonyl (C=O) groups excluding carboxylic acids is 1. The lowest BCUT2D eigenvalue weighted by atomic mass is 9.91. The molecule has 0 aliphatic carbocycles. The van der Waals surface area contributed by atoms with Crippen molar-refractivity contribution in [2.24, 2.45) is 5.92 Å². The fraction of sp³-hybridized carbons (Fsp3) is 0.538. The van der Waals surface area contributed by atoms with Gasteiger partial charge in [0.25, 0.3) is 0 Å². The molecule has 0 radical (unpaired) electrons. The molecule has 2 fully saturated rings. The predicted molar refractivity (Wildman–Crippen MR) is 70.3 cm³/mol. The average molecular weight is 280 g/mol. The molecule has 1 amide bonds. The van der Waals surface area contributed by atoms with Gasteiger partial charge in [-0.05, 0) is 24.1 Å². The number of pyridine rings is 1. The second-order valence-electron chi connectivity index (χ2n) is 5.32. The van der Waals surface area contributed by atoms with E-state index in [1.165, 1.54) is 5.56 Å². The molecule has 0 spiro atoms. The van der Waals surface area contributed by atoms with Gasteiger partial charge in [0.05, 0.1) is 17.4 Å². The number of hydrogen-bond donors (Lipinski definition) is 0. The Labute approximate surface area is 112 Å². The summed E-state index contributed by atoms with van der Waals surface area (Å²) in [5, 5.41) is 0. The number of rotatable bonds is 2. The van der Waals surface area contributed by atoms with Gasteiger partial charge >= 0.3 is 0 Å². The Morgan fingerprint density at radius 3 is 2.53 bits per heavy atom. The van der Waals surface area contributed by atoms with Gasteiger partial charge < -0.3 is 4.90 Å². The highest BCUT2D eigenvalue weighted by atomic mass is 32.2. The zero-order chi connectivity index (χ0) is 13.5. The number of carbonyl (C=O) groups is 1. The van der Waals surface area contributed by atoms with Crippen molar-refractivity contribution in [2.45, 2.75) is 12.3 Å². The fourth-order valence-corrected chi connectivity index (χ4v) is 4.49. The Hall–Kier alpha value is -1.43. The third kappa shape index (κ3) is 2.49. The van der Waals surface area contributed by atoms with E-state index in [0.717, 1.165) is 0 Å². The molecule has 2 saturated heterocycles. The van der Waals surface area contributed by atoms with Crippen molar-refractivity contribution in [3.05, 3.63) is 30.1 Å². The maximum atomic E-state index is 12.1. The molecule has 3 heterocycles. The molecule has 19 heavy (non-hydrogen) atoms. The second-order valence-corrected chi connectivity index (χ2v) is 7.55. The normalized spacial score (nSPS) is 26.1. The molecule has 1 aromatic heterocycles. The van der Waals surface area contributed by atoms with Crippen molar-refractivity contribution in [1.29, 1.82) is 0 Å². The first-order valence-electron chi connectivity index (χ1n) is 6.44. The molecule has 5 nitrogen and oxygen atoms in total. The third-order valence-corrected chi connectivity index (χ3v) is 5.72. The van der Waals surface area contributed by atoms with Gasteiger partial charge in [-0.15, -0.1) is 0 Å². The van der Waals surface area contributed by atoms with Crippen LogP contribution < -0.4 is 0 Å². The minimum atomic E-state index is -2.98. The summed E-state index contributed by atoms with van der Waals surface area (Å²) >= 11 is 0. The van der Waals surface area contributed by atoms with E-state index in [4.69, 9.17) is 0 Å². The fourth-order valence-electron chi connectivity index (χ4n) is 2.75. The number of hydrogen-bond acceptors (Lipinski definition) is 4. The molecule has 102 valence electrons. The molecule has 0 bridgehead atoms. The average Bonchev–Trinajstić information content (AvgIpc) is 2.69. The minimum absolute atomic E-state index is 0.00591. The summed E-state index contributed by atoms with van der Waals surface area (Å²) in [7, 11) is -2.98. The Morgan fingerprint density at radius 1 is 1.26 bits per heavy atom. The molecule has 3 rings (SSSR count). The van der Waals surface area contributed by atoms with Gasteiger partial charge in [0.2, 0.25) is 5.91 Å². The van der Waals surface area contributed by atoms with Gasteiger partial charge in [0.15, 0.2) is 9.84 Å². The maximum Gasteiger partial charge on any atom is 0.226 e. The van der Waals surface area contributed by atoms with E-state index in [1.807, 2.05) is 12.1 Å². The molecular formula is C13H16N2O3S. The number of sulfone groups is 1. The first-order chi connectivity index (χ1) is 9.05. The van der Waals surface area contributed by atoms with Crippen molar-refractivity contribution in [2.75, 3.05) is 24.6 Å². The van der Waals surface area contributed by atoms with Crippen LogP contribution in [-0.2, 0) is 14.6 Å². The summed E-state index contributed by atoms with van der Waals surface area (Å²) in [4.78, 5) is 17.9. The zero-order valence-electron chi connectivity index (χ0n) is 10.5. The van der Waals surface area contributed by atoms with E-state index in [-0.39, 0.29) is 23.3 Å². The van der Waals surface area contributed by atoms with Crippen molar-refractivity contribution < 1.29 is 13.2 Å². The Morgan fingerprint density at radius 2 is 1.95 bits per heavy atom. The molecule has 1 aromatic rings. The molecule has 0 aromatic carbocycles. The lowest BCUT2D eigenvalue weighted by Crippen LogP contribution is -2.50. The molecule has 0 saturated carbocycles. The Balaban J connectivity index is 1.58. The van der Waals surface area contributed by atoms with Crippen LogP contribution in [0.25, 0.3) is 0 Å². The van der Waals surface area contributed by atoms with E-state index in [1.54, 1.807) is 17.3 Å². The number of nitrogens with zero attached hydrogens (tertiary/aromatic N) is 2. The largest absolute Gasteiger partial charge is 0.341 e. The van der Waals surface area contributed by atoms with Crippen LogP contribution >= 0.6 is 0 Å².